The Labute approximate surface area is 124 Å². The van der Waals surface area contributed by atoms with E-state index in [1.165, 1.54) is 57.8 Å². The van der Waals surface area contributed by atoms with Gasteiger partial charge < -0.3 is 5.32 Å². The molecule has 0 heterocycles. The van der Waals surface area contributed by atoms with Gasteiger partial charge in [-0.15, -0.1) is 0 Å². The molecule has 0 aliphatic rings. The van der Waals surface area contributed by atoms with Gasteiger partial charge in [-0.3, -0.25) is 10.7 Å². The lowest BCUT2D eigenvalue weighted by atomic mass is 10.1. The third-order valence-corrected chi connectivity index (χ3v) is 3.17. The fraction of sp³-hybridized carbons (Fsp3) is 0.750. The van der Waals surface area contributed by atoms with E-state index in [-0.39, 0.29) is 5.96 Å². The number of hydrogen-bond acceptors (Lipinski definition) is 2. The van der Waals surface area contributed by atoms with Gasteiger partial charge in [0, 0.05) is 6.54 Å². The zero-order valence-electron chi connectivity index (χ0n) is 12.9. The first-order chi connectivity index (χ1) is 9.81. The summed E-state index contributed by atoms with van der Waals surface area (Å²) in [5, 5.41) is 20.7. The fourth-order valence-corrected chi connectivity index (χ4v) is 1.98. The number of allylic oxidation sites excluding steroid dienone is 2. The number of nitrogens with one attached hydrogen (secondary N) is 3. The van der Waals surface area contributed by atoms with Gasteiger partial charge in [0.15, 0.2) is 6.19 Å². The van der Waals surface area contributed by atoms with Crippen molar-refractivity contribution in [2.24, 2.45) is 0 Å². The molecule has 0 aliphatic carbocycles. The van der Waals surface area contributed by atoms with Crippen LogP contribution in [0.4, 0.5) is 0 Å². The van der Waals surface area contributed by atoms with Gasteiger partial charge in [-0.2, -0.15) is 5.26 Å². The second kappa shape index (κ2) is 15.6. The van der Waals surface area contributed by atoms with Crippen LogP contribution in [0.5, 0.6) is 0 Å². The first-order valence-corrected chi connectivity index (χ1v) is 7.93. The van der Waals surface area contributed by atoms with Crippen molar-refractivity contribution in [2.45, 2.75) is 71.1 Å². The van der Waals surface area contributed by atoms with Crippen LogP contribution in [0.3, 0.4) is 0 Å². The highest BCUT2D eigenvalue weighted by Crippen LogP contribution is 2.06. The predicted octanol–water partition coefficient (Wildman–Crippen LogP) is 4.06. The Morgan fingerprint density at radius 2 is 1.60 bits per heavy atom. The first-order valence-electron chi connectivity index (χ1n) is 7.93. The number of nitrogens with zero attached hydrogens (tertiary/aromatic N) is 1. The van der Waals surface area contributed by atoms with Crippen LogP contribution in [-0.4, -0.2) is 12.5 Å². The molecular weight excluding hydrogens is 248 g/mol. The summed E-state index contributed by atoms with van der Waals surface area (Å²) in [5.74, 6) is 0.0958. The van der Waals surface area contributed by atoms with Gasteiger partial charge in [0.2, 0.25) is 5.96 Å². The second-order valence-corrected chi connectivity index (χ2v) is 5.06. The fourth-order valence-electron chi connectivity index (χ4n) is 1.98. The normalized spacial score (nSPS) is 10.4. The monoisotopic (exact) mass is 278 g/mol. The van der Waals surface area contributed by atoms with Gasteiger partial charge in [-0.25, -0.2) is 0 Å². The van der Waals surface area contributed by atoms with E-state index in [0.29, 0.717) is 0 Å². The summed E-state index contributed by atoms with van der Waals surface area (Å²) in [5.41, 5.74) is 0. The number of unbranched alkanes of at least 4 members (excludes halogenated alkanes) is 8. The van der Waals surface area contributed by atoms with Gasteiger partial charge in [-0.1, -0.05) is 51.2 Å². The summed E-state index contributed by atoms with van der Waals surface area (Å²) in [6, 6.07) is 0. The Hall–Kier alpha value is -1.50. The van der Waals surface area contributed by atoms with Crippen molar-refractivity contribution in [1.82, 2.24) is 10.6 Å². The zero-order chi connectivity index (χ0) is 14.9. The lowest BCUT2D eigenvalue weighted by molar-refractivity contribution is 0.632. The molecule has 0 bridgehead atoms. The molecule has 0 aromatic heterocycles. The van der Waals surface area contributed by atoms with Crippen molar-refractivity contribution in [2.75, 3.05) is 6.54 Å². The maximum absolute atomic E-state index is 8.29. The molecule has 20 heavy (non-hydrogen) atoms. The minimum absolute atomic E-state index is 0.0958. The standard InChI is InChI=1S/C16H30N4/c1-2-3-4-5-6-7-8-9-10-11-12-13-14-19-16(18)20-15-17/h7-8H,2-6,9-14H2,1H3,(H3,18,19,20). The molecule has 0 saturated heterocycles. The summed E-state index contributed by atoms with van der Waals surface area (Å²) < 4.78 is 0. The molecule has 4 heteroatoms. The molecule has 0 aromatic rings. The van der Waals surface area contributed by atoms with Crippen LogP contribution in [0.15, 0.2) is 12.2 Å². The summed E-state index contributed by atoms with van der Waals surface area (Å²) >= 11 is 0. The highest BCUT2D eigenvalue weighted by molar-refractivity contribution is 5.77. The molecular formula is C16H30N4. The Balaban J connectivity index is 3.15. The molecule has 0 aromatic carbocycles. The molecule has 0 unspecified atom stereocenters. The van der Waals surface area contributed by atoms with Crippen molar-refractivity contribution in [3.8, 4) is 6.19 Å². The SMILES string of the molecule is CCCCCCC=CCCCCCCNC(=N)NC#N. The highest BCUT2D eigenvalue weighted by atomic mass is 15.1. The van der Waals surface area contributed by atoms with Crippen LogP contribution < -0.4 is 10.6 Å². The number of nitriles is 1. The summed E-state index contributed by atoms with van der Waals surface area (Å²) in [4.78, 5) is 0. The van der Waals surface area contributed by atoms with Crippen LogP contribution in [0.2, 0.25) is 0 Å². The van der Waals surface area contributed by atoms with Crippen molar-refractivity contribution in [3.05, 3.63) is 12.2 Å². The van der Waals surface area contributed by atoms with E-state index in [1.54, 1.807) is 6.19 Å². The average Bonchev–Trinajstić information content (AvgIpc) is 2.44. The van der Waals surface area contributed by atoms with Gasteiger partial charge in [0.1, 0.15) is 0 Å². The maximum atomic E-state index is 8.29. The molecule has 0 saturated carbocycles. The Bertz CT molecular complexity index is 291. The zero-order valence-corrected chi connectivity index (χ0v) is 12.9. The predicted molar refractivity (Wildman–Crippen MR) is 85.5 cm³/mol. The molecule has 3 N–H and O–H groups in total. The minimum Gasteiger partial charge on any atom is -0.356 e. The van der Waals surface area contributed by atoms with Crippen molar-refractivity contribution >= 4 is 5.96 Å². The van der Waals surface area contributed by atoms with E-state index in [4.69, 9.17) is 10.7 Å². The van der Waals surface area contributed by atoms with Crippen molar-refractivity contribution in [3.63, 3.8) is 0 Å². The first kappa shape index (κ1) is 18.5. The summed E-state index contributed by atoms with van der Waals surface area (Å²) in [6.07, 6.45) is 18.9. The molecule has 0 rings (SSSR count). The molecule has 0 fully saturated rings. The molecule has 0 atom stereocenters. The molecule has 4 nitrogen and oxygen atoms in total. The summed E-state index contributed by atoms with van der Waals surface area (Å²) in [7, 11) is 0. The number of rotatable bonds is 12. The van der Waals surface area contributed by atoms with Gasteiger partial charge >= 0.3 is 0 Å². The van der Waals surface area contributed by atoms with Crippen LogP contribution in [-0.2, 0) is 0 Å². The van der Waals surface area contributed by atoms with E-state index in [1.807, 2.05) is 0 Å². The highest BCUT2D eigenvalue weighted by Gasteiger charge is 1.93. The molecule has 0 spiro atoms. The van der Waals surface area contributed by atoms with Crippen LogP contribution in [0.25, 0.3) is 0 Å². The van der Waals surface area contributed by atoms with Crippen molar-refractivity contribution in [1.29, 1.82) is 10.7 Å². The van der Waals surface area contributed by atoms with Crippen LogP contribution in [0.1, 0.15) is 71.1 Å². The number of hydrogen-bond donors (Lipinski definition) is 3. The number of guanidine groups is 1. The largest absolute Gasteiger partial charge is 0.356 e. The van der Waals surface area contributed by atoms with Gasteiger partial charge in [0.05, 0.1) is 0 Å². The van der Waals surface area contributed by atoms with E-state index in [9.17, 15) is 0 Å². The lowest BCUT2D eigenvalue weighted by Crippen LogP contribution is -2.33. The topological polar surface area (TPSA) is 71.7 Å². The van der Waals surface area contributed by atoms with Gasteiger partial charge in [0.25, 0.3) is 0 Å². The van der Waals surface area contributed by atoms with Gasteiger partial charge in [-0.05, 0) is 32.1 Å². The molecule has 0 amide bonds. The van der Waals surface area contributed by atoms with E-state index >= 15 is 0 Å². The second-order valence-electron chi connectivity index (χ2n) is 5.06. The Morgan fingerprint density at radius 3 is 2.20 bits per heavy atom. The maximum Gasteiger partial charge on any atom is 0.201 e. The van der Waals surface area contributed by atoms with E-state index < -0.39 is 0 Å². The third kappa shape index (κ3) is 14.6. The molecule has 0 aliphatic heterocycles. The van der Waals surface area contributed by atoms with E-state index in [0.717, 1.165) is 13.0 Å². The molecule has 0 radical (unpaired) electrons. The van der Waals surface area contributed by atoms with Crippen LogP contribution in [0, 0.1) is 16.9 Å². The smallest absolute Gasteiger partial charge is 0.201 e. The van der Waals surface area contributed by atoms with Crippen molar-refractivity contribution < 1.29 is 0 Å². The quantitative estimate of drug-likeness (QED) is 0.126. The third-order valence-electron chi connectivity index (χ3n) is 3.17. The Kier molecular flexibility index (Phi) is 14.4. The lowest BCUT2D eigenvalue weighted by Gasteiger charge is -2.04. The minimum atomic E-state index is 0.0958. The summed E-state index contributed by atoms with van der Waals surface area (Å²) in [6.45, 7) is 3.01. The Morgan fingerprint density at radius 1 is 1.00 bits per heavy atom. The van der Waals surface area contributed by atoms with Crippen LogP contribution >= 0.6 is 0 Å². The van der Waals surface area contributed by atoms with E-state index in [2.05, 4.69) is 29.7 Å². The average molecular weight is 278 g/mol. The molecule has 114 valence electrons.